The third-order valence-corrected chi connectivity index (χ3v) is 4.31. The Kier molecular flexibility index (Phi) is 10.0. The van der Waals surface area contributed by atoms with Crippen LogP contribution >= 0.6 is 0 Å². The smallest absolute Gasteiger partial charge is 0.306 e. The molecule has 3 heteroatoms. The van der Waals surface area contributed by atoms with Crippen LogP contribution in [0.4, 0.5) is 0 Å². The van der Waals surface area contributed by atoms with Gasteiger partial charge in [-0.1, -0.05) is 82.2 Å². The third kappa shape index (κ3) is 9.17. The predicted molar refractivity (Wildman–Crippen MR) is 93.7 cm³/mol. The summed E-state index contributed by atoms with van der Waals surface area (Å²) >= 11 is 0. The Morgan fingerprint density at radius 1 is 0.870 bits per heavy atom. The molecule has 0 aliphatic rings. The SMILES string of the molecule is C[C@H](CCCCCCCCCCC(=O)c1ccccc1)C(=O)O. The highest BCUT2D eigenvalue weighted by Gasteiger charge is 2.09. The second-order valence-electron chi connectivity index (χ2n) is 6.40. The third-order valence-electron chi connectivity index (χ3n) is 4.31. The molecule has 0 amide bonds. The number of benzene rings is 1. The lowest BCUT2D eigenvalue weighted by atomic mass is 10.0. The molecule has 0 spiro atoms. The van der Waals surface area contributed by atoms with Gasteiger partial charge in [0, 0.05) is 12.0 Å². The molecule has 0 aliphatic heterocycles. The molecule has 1 atom stereocenters. The average Bonchev–Trinajstić information content (AvgIpc) is 2.56. The highest BCUT2D eigenvalue weighted by Crippen LogP contribution is 2.14. The van der Waals surface area contributed by atoms with Crippen LogP contribution in [0.25, 0.3) is 0 Å². The first kappa shape index (κ1) is 19.4. The lowest BCUT2D eigenvalue weighted by Gasteiger charge is -2.05. The summed E-state index contributed by atoms with van der Waals surface area (Å²) in [7, 11) is 0. The molecule has 1 aromatic rings. The molecule has 0 aromatic heterocycles. The zero-order valence-electron chi connectivity index (χ0n) is 14.3. The minimum Gasteiger partial charge on any atom is -0.481 e. The summed E-state index contributed by atoms with van der Waals surface area (Å²) in [6, 6.07) is 9.51. The van der Waals surface area contributed by atoms with Crippen molar-refractivity contribution in [1.29, 1.82) is 0 Å². The van der Waals surface area contributed by atoms with Crippen LogP contribution in [0.1, 0.15) is 81.5 Å². The number of carboxylic acid groups (broad SMARTS) is 1. The van der Waals surface area contributed by atoms with E-state index in [0.29, 0.717) is 6.42 Å². The van der Waals surface area contributed by atoms with Gasteiger partial charge in [0.05, 0.1) is 5.92 Å². The zero-order chi connectivity index (χ0) is 16.9. The topological polar surface area (TPSA) is 54.4 Å². The number of ketones is 1. The van der Waals surface area contributed by atoms with Crippen molar-refractivity contribution in [1.82, 2.24) is 0 Å². The highest BCUT2D eigenvalue weighted by atomic mass is 16.4. The van der Waals surface area contributed by atoms with Gasteiger partial charge in [0.2, 0.25) is 0 Å². The number of carboxylic acids is 1. The number of rotatable bonds is 13. The maximum absolute atomic E-state index is 11.9. The van der Waals surface area contributed by atoms with E-state index in [-0.39, 0.29) is 11.7 Å². The van der Waals surface area contributed by atoms with E-state index in [0.717, 1.165) is 37.7 Å². The van der Waals surface area contributed by atoms with Crippen LogP contribution < -0.4 is 0 Å². The molecule has 0 bridgehead atoms. The van der Waals surface area contributed by atoms with Gasteiger partial charge in [-0.3, -0.25) is 9.59 Å². The first-order valence-electron chi connectivity index (χ1n) is 8.92. The second-order valence-corrected chi connectivity index (χ2v) is 6.40. The van der Waals surface area contributed by atoms with E-state index >= 15 is 0 Å². The van der Waals surface area contributed by atoms with E-state index in [2.05, 4.69) is 0 Å². The molecule has 0 saturated heterocycles. The van der Waals surface area contributed by atoms with Gasteiger partial charge >= 0.3 is 5.97 Å². The van der Waals surface area contributed by atoms with Crippen LogP contribution in [0, 0.1) is 5.92 Å². The lowest BCUT2D eigenvalue weighted by molar-refractivity contribution is -0.141. The summed E-state index contributed by atoms with van der Waals surface area (Å²) in [5.74, 6) is -0.648. The number of hydrogen-bond donors (Lipinski definition) is 1. The van der Waals surface area contributed by atoms with E-state index in [9.17, 15) is 9.59 Å². The standard InChI is InChI=1S/C20H30O3/c1-17(20(22)23)13-9-6-4-2-3-5-7-12-16-19(21)18-14-10-8-11-15-18/h8,10-11,14-15,17H,2-7,9,12-13,16H2,1H3,(H,22,23)/t17-/m1/s1. The minimum absolute atomic E-state index is 0.211. The second kappa shape index (κ2) is 11.9. The van der Waals surface area contributed by atoms with Crippen LogP contribution in [0.15, 0.2) is 30.3 Å². The van der Waals surface area contributed by atoms with Crippen LogP contribution in [-0.2, 0) is 4.79 Å². The van der Waals surface area contributed by atoms with E-state index < -0.39 is 5.97 Å². The number of Topliss-reactive ketones (excluding diaryl/α,β-unsaturated/α-hetero) is 1. The number of unbranched alkanes of at least 4 members (excludes halogenated alkanes) is 7. The Labute approximate surface area is 140 Å². The van der Waals surface area contributed by atoms with E-state index in [1.165, 1.54) is 25.7 Å². The van der Waals surface area contributed by atoms with Gasteiger partial charge in [0.25, 0.3) is 0 Å². The molecule has 1 aromatic carbocycles. The first-order chi connectivity index (χ1) is 11.1. The van der Waals surface area contributed by atoms with Crippen molar-refractivity contribution in [2.45, 2.75) is 71.1 Å². The van der Waals surface area contributed by atoms with Crippen molar-refractivity contribution < 1.29 is 14.7 Å². The van der Waals surface area contributed by atoms with Crippen molar-refractivity contribution in [2.24, 2.45) is 5.92 Å². The Morgan fingerprint density at radius 3 is 1.96 bits per heavy atom. The van der Waals surface area contributed by atoms with Crippen molar-refractivity contribution >= 4 is 11.8 Å². The van der Waals surface area contributed by atoms with Crippen LogP contribution in [0.5, 0.6) is 0 Å². The molecular formula is C20H30O3. The maximum Gasteiger partial charge on any atom is 0.306 e. The molecule has 0 heterocycles. The van der Waals surface area contributed by atoms with Gasteiger partial charge < -0.3 is 5.11 Å². The molecule has 3 nitrogen and oxygen atoms in total. The van der Waals surface area contributed by atoms with Crippen LogP contribution in [0.2, 0.25) is 0 Å². The van der Waals surface area contributed by atoms with Gasteiger partial charge in [-0.15, -0.1) is 0 Å². The van der Waals surface area contributed by atoms with E-state index in [4.69, 9.17) is 5.11 Å². The quantitative estimate of drug-likeness (QED) is 0.386. The van der Waals surface area contributed by atoms with Crippen molar-refractivity contribution in [3.05, 3.63) is 35.9 Å². The molecular weight excluding hydrogens is 288 g/mol. The monoisotopic (exact) mass is 318 g/mol. The molecule has 1 N–H and O–H groups in total. The molecule has 128 valence electrons. The fourth-order valence-corrected chi connectivity index (χ4v) is 2.69. The van der Waals surface area contributed by atoms with Crippen molar-refractivity contribution in [3.63, 3.8) is 0 Å². The summed E-state index contributed by atoms with van der Waals surface area (Å²) in [6.45, 7) is 1.78. The summed E-state index contributed by atoms with van der Waals surface area (Å²) < 4.78 is 0. The fourth-order valence-electron chi connectivity index (χ4n) is 2.69. The molecule has 0 unspecified atom stereocenters. The molecule has 0 fully saturated rings. The van der Waals surface area contributed by atoms with Gasteiger partial charge in [-0.05, 0) is 12.8 Å². The van der Waals surface area contributed by atoms with Crippen molar-refractivity contribution in [3.8, 4) is 0 Å². The summed E-state index contributed by atoms with van der Waals surface area (Å²) in [5, 5.41) is 8.79. The number of carbonyl (C=O) groups is 2. The van der Waals surface area contributed by atoms with E-state index in [1.807, 2.05) is 30.3 Å². The fraction of sp³-hybridized carbons (Fsp3) is 0.600. The molecule has 0 aliphatic carbocycles. The summed E-state index contributed by atoms with van der Waals surface area (Å²) in [4.78, 5) is 22.6. The van der Waals surface area contributed by atoms with Gasteiger partial charge in [0.1, 0.15) is 0 Å². The zero-order valence-corrected chi connectivity index (χ0v) is 14.3. The molecule has 0 radical (unpaired) electrons. The minimum atomic E-state index is -0.685. The molecule has 1 rings (SSSR count). The highest BCUT2D eigenvalue weighted by molar-refractivity contribution is 5.95. The summed E-state index contributed by atoms with van der Waals surface area (Å²) in [6.07, 6.45) is 10.5. The molecule has 23 heavy (non-hydrogen) atoms. The first-order valence-corrected chi connectivity index (χ1v) is 8.92. The van der Waals surface area contributed by atoms with Crippen molar-refractivity contribution in [2.75, 3.05) is 0 Å². The van der Waals surface area contributed by atoms with Gasteiger partial charge in [0.15, 0.2) is 5.78 Å². The number of aliphatic carboxylic acids is 1. The largest absolute Gasteiger partial charge is 0.481 e. The van der Waals surface area contributed by atoms with Gasteiger partial charge in [-0.25, -0.2) is 0 Å². The maximum atomic E-state index is 11.9. The van der Waals surface area contributed by atoms with E-state index in [1.54, 1.807) is 6.92 Å². The Balaban J connectivity index is 1.90. The Bertz CT molecular complexity index is 453. The number of carbonyl (C=O) groups excluding carboxylic acids is 1. The lowest BCUT2D eigenvalue weighted by Crippen LogP contribution is -2.08. The molecule has 0 saturated carbocycles. The normalized spacial score (nSPS) is 12.0. The number of hydrogen-bond acceptors (Lipinski definition) is 2. The Morgan fingerprint density at radius 2 is 1.39 bits per heavy atom. The predicted octanol–water partition coefficient (Wildman–Crippen LogP) is 5.49. The van der Waals surface area contributed by atoms with Crippen LogP contribution in [-0.4, -0.2) is 16.9 Å². The van der Waals surface area contributed by atoms with Gasteiger partial charge in [-0.2, -0.15) is 0 Å². The summed E-state index contributed by atoms with van der Waals surface area (Å²) in [5.41, 5.74) is 0.822. The Hall–Kier alpha value is -1.64. The van der Waals surface area contributed by atoms with Crippen LogP contribution in [0.3, 0.4) is 0 Å². The average molecular weight is 318 g/mol.